The van der Waals surface area contributed by atoms with Crippen molar-refractivity contribution in [3.8, 4) is 0 Å². The van der Waals surface area contributed by atoms with Gasteiger partial charge < -0.3 is 4.42 Å². The molecule has 0 fully saturated rings. The molecule has 0 aliphatic rings. The number of rotatable bonds is 6. The number of nitro benzene ring substituents is 1. The monoisotopic (exact) mass is 458 g/mol. The van der Waals surface area contributed by atoms with E-state index in [1.54, 1.807) is 6.92 Å². The van der Waals surface area contributed by atoms with Crippen LogP contribution in [0.5, 0.6) is 0 Å². The first kappa shape index (κ1) is 22.5. The summed E-state index contributed by atoms with van der Waals surface area (Å²) in [6.07, 6.45) is 1.35. The van der Waals surface area contributed by atoms with Crippen molar-refractivity contribution in [2.45, 2.75) is 18.7 Å². The lowest BCUT2D eigenvalue weighted by Crippen LogP contribution is -2.41. The second kappa shape index (κ2) is 8.89. The minimum Gasteiger partial charge on any atom is -0.469 e. The van der Waals surface area contributed by atoms with Crippen molar-refractivity contribution in [2.75, 3.05) is 4.72 Å². The van der Waals surface area contributed by atoms with E-state index in [4.69, 9.17) is 4.42 Å². The molecule has 11 nitrogen and oxygen atoms in total. The van der Waals surface area contributed by atoms with Crippen LogP contribution in [-0.4, -0.2) is 25.2 Å². The first-order valence-electron chi connectivity index (χ1n) is 9.11. The molecule has 12 heteroatoms. The molecule has 3 rings (SSSR count). The topological polar surface area (TPSA) is 161 Å². The van der Waals surface area contributed by atoms with E-state index < -0.39 is 26.8 Å². The maximum atomic E-state index is 12.6. The molecule has 0 aliphatic heterocycles. The minimum atomic E-state index is -4.09. The number of hydrogen-bond donors (Lipinski definition) is 3. The standard InChI is InChI=1S/C20H18N4O7S/c1-12-3-8-16(11-18(12)24(27)28)32(29,30)23-15-6-4-14(5-7-15)19(25)21-22-20(26)17-9-10-31-13(17)2/h3-11,23H,1-2H3,(H,21,25)(H,22,26). The average Bonchev–Trinajstić information content (AvgIpc) is 3.18. The SMILES string of the molecule is Cc1ccc(S(=O)(=O)Nc2ccc(C(=O)NNC(=O)c3ccoc3C)cc2)cc1[N+](=O)[O-]. The Morgan fingerprint density at radius 1 is 0.969 bits per heavy atom. The Hall–Kier alpha value is -4.19. The van der Waals surface area contributed by atoms with Crippen LogP contribution in [0.2, 0.25) is 0 Å². The van der Waals surface area contributed by atoms with Crippen LogP contribution < -0.4 is 15.6 Å². The van der Waals surface area contributed by atoms with Crippen molar-refractivity contribution < 1.29 is 27.3 Å². The molecule has 0 saturated heterocycles. The van der Waals surface area contributed by atoms with Crippen molar-refractivity contribution in [2.24, 2.45) is 0 Å². The Balaban J connectivity index is 1.67. The Kier molecular flexibility index (Phi) is 6.25. The second-order valence-electron chi connectivity index (χ2n) is 6.69. The third kappa shape index (κ3) is 4.92. The van der Waals surface area contributed by atoms with Crippen molar-refractivity contribution in [1.29, 1.82) is 0 Å². The molecule has 1 aromatic heterocycles. The Morgan fingerprint density at radius 2 is 1.62 bits per heavy atom. The molecule has 0 saturated carbocycles. The summed E-state index contributed by atoms with van der Waals surface area (Å²) in [6.45, 7) is 3.11. The van der Waals surface area contributed by atoms with Crippen LogP contribution in [0, 0.1) is 24.0 Å². The summed E-state index contributed by atoms with van der Waals surface area (Å²) in [6, 6.07) is 10.4. The van der Waals surface area contributed by atoms with E-state index in [0.717, 1.165) is 6.07 Å². The van der Waals surface area contributed by atoms with Gasteiger partial charge in [-0.25, -0.2) is 8.42 Å². The Labute approximate surface area is 182 Å². The van der Waals surface area contributed by atoms with E-state index in [1.807, 2.05) is 0 Å². The Bertz CT molecular complexity index is 1300. The molecule has 3 N–H and O–H groups in total. The normalized spacial score (nSPS) is 10.9. The van der Waals surface area contributed by atoms with E-state index in [0.29, 0.717) is 11.3 Å². The maximum absolute atomic E-state index is 12.6. The quantitative estimate of drug-likeness (QED) is 0.378. The van der Waals surface area contributed by atoms with E-state index >= 15 is 0 Å². The molecule has 0 atom stereocenters. The zero-order chi connectivity index (χ0) is 23.5. The highest BCUT2D eigenvalue weighted by Gasteiger charge is 2.20. The number of nitrogens with one attached hydrogen (secondary N) is 3. The molecular weight excluding hydrogens is 440 g/mol. The molecule has 166 valence electrons. The first-order chi connectivity index (χ1) is 15.1. The van der Waals surface area contributed by atoms with E-state index in [-0.39, 0.29) is 27.4 Å². The van der Waals surface area contributed by atoms with Gasteiger partial charge in [-0.3, -0.25) is 35.3 Å². The highest BCUT2D eigenvalue weighted by atomic mass is 32.2. The number of furan rings is 1. The van der Waals surface area contributed by atoms with Gasteiger partial charge in [0, 0.05) is 22.9 Å². The summed E-state index contributed by atoms with van der Waals surface area (Å²) in [5.74, 6) is -0.781. The fourth-order valence-electron chi connectivity index (χ4n) is 2.73. The molecule has 2 amide bonds. The third-order valence-corrected chi connectivity index (χ3v) is 5.86. The summed E-state index contributed by atoms with van der Waals surface area (Å²) in [5.41, 5.74) is 5.09. The lowest BCUT2D eigenvalue weighted by atomic mass is 10.2. The van der Waals surface area contributed by atoms with Crippen LogP contribution in [0.4, 0.5) is 11.4 Å². The summed E-state index contributed by atoms with van der Waals surface area (Å²) in [4.78, 5) is 34.3. The number of sulfonamides is 1. The summed E-state index contributed by atoms with van der Waals surface area (Å²) in [5, 5.41) is 11.1. The third-order valence-electron chi connectivity index (χ3n) is 4.48. The first-order valence-corrected chi connectivity index (χ1v) is 10.6. The zero-order valence-electron chi connectivity index (χ0n) is 16.9. The number of benzene rings is 2. The number of hydrogen-bond acceptors (Lipinski definition) is 7. The van der Waals surface area contributed by atoms with Crippen LogP contribution in [-0.2, 0) is 10.0 Å². The van der Waals surface area contributed by atoms with Crippen LogP contribution in [0.15, 0.2) is 64.1 Å². The minimum absolute atomic E-state index is 0.142. The predicted molar refractivity (Wildman–Crippen MR) is 113 cm³/mol. The number of carbonyl (C=O) groups is 2. The van der Waals surface area contributed by atoms with Crippen molar-refractivity contribution in [3.05, 3.63) is 87.4 Å². The Morgan fingerprint density at radius 3 is 2.22 bits per heavy atom. The van der Waals surface area contributed by atoms with Gasteiger partial charge in [-0.15, -0.1) is 0 Å². The number of amides is 2. The van der Waals surface area contributed by atoms with Gasteiger partial charge in [0.25, 0.3) is 27.5 Å². The molecule has 1 heterocycles. The van der Waals surface area contributed by atoms with Gasteiger partial charge in [-0.05, 0) is 50.2 Å². The number of aryl methyl sites for hydroxylation is 2. The van der Waals surface area contributed by atoms with Gasteiger partial charge in [0.2, 0.25) is 0 Å². The molecule has 3 aromatic rings. The summed E-state index contributed by atoms with van der Waals surface area (Å²) in [7, 11) is -4.09. The lowest BCUT2D eigenvalue weighted by Gasteiger charge is -2.10. The number of anilines is 1. The smallest absolute Gasteiger partial charge is 0.273 e. The van der Waals surface area contributed by atoms with Crippen molar-refractivity contribution in [1.82, 2.24) is 10.9 Å². The number of nitro groups is 1. The van der Waals surface area contributed by atoms with Crippen LogP contribution in [0.1, 0.15) is 32.0 Å². The molecule has 32 heavy (non-hydrogen) atoms. The molecule has 0 radical (unpaired) electrons. The fraction of sp³-hybridized carbons (Fsp3) is 0.100. The van der Waals surface area contributed by atoms with Crippen LogP contribution in [0.3, 0.4) is 0 Å². The maximum Gasteiger partial charge on any atom is 0.273 e. The summed E-state index contributed by atoms with van der Waals surface area (Å²) < 4.78 is 32.4. The molecule has 2 aromatic carbocycles. The van der Waals surface area contributed by atoms with Gasteiger partial charge in [-0.1, -0.05) is 6.07 Å². The van der Waals surface area contributed by atoms with Gasteiger partial charge in [0.15, 0.2) is 0 Å². The highest BCUT2D eigenvalue weighted by molar-refractivity contribution is 7.92. The second-order valence-corrected chi connectivity index (χ2v) is 8.37. The van der Waals surface area contributed by atoms with Crippen molar-refractivity contribution in [3.63, 3.8) is 0 Å². The molecular formula is C20H18N4O7S. The van der Waals surface area contributed by atoms with E-state index in [9.17, 15) is 28.1 Å². The van der Waals surface area contributed by atoms with Crippen molar-refractivity contribution >= 4 is 33.2 Å². The molecule has 0 unspecified atom stereocenters. The molecule has 0 spiro atoms. The van der Waals surface area contributed by atoms with Gasteiger partial charge >= 0.3 is 0 Å². The predicted octanol–water partition coefficient (Wildman–Crippen LogP) is 2.68. The van der Waals surface area contributed by atoms with Gasteiger partial charge in [-0.2, -0.15) is 0 Å². The number of nitrogens with zero attached hydrogens (tertiary/aromatic N) is 1. The average molecular weight is 458 g/mol. The lowest BCUT2D eigenvalue weighted by molar-refractivity contribution is -0.385. The molecule has 0 bridgehead atoms. The molecule has 0 aliphatic carbocycles. The largest absolute Gasteiger partial charge is 0.469 e. The van der Waals surface area contributed by atoms with E-state index in [1.165, 1.54) is 55.7 Å². The number of carbonyl (C=O) groups excluding carboxylic acids is 2. The highest BCUT2D eigenvalue weighted by Crippen LogP contribution is 2.24. The van der Waals surface area contributed by atoms with Crippen LogP contribution in [0.25, 0.3) is 0 Å². The van der Waals surface area contributed by atoms with E-state index in [2.05, 4.69) is 15.6 Å². The summed E-state index contributed by atoms with van der Waals surface area (Å²) >= 11 is 0. The van der Waals surface area contributed by atoms with Crippen LogP contribution >= 0.6 is 0 Å². The van der Waals surface area contributed by atoms with Gasteiger partial charge in [0.1, 0.15) is 5.76 Å². The zero-order valence-corrected chi connectivity index (χ0v) is 17.7. The number of hydrazine groups is 1. The van der Waals surface area contributed by atoms with Gasteiger partial charge in [0.05, 0.1) is 21.6 Å². The fourth-order valence-corrected chi connectivity index (χ4v) is 3.81.